The van der Waals surface area contributed by atoms with Gasteiger partial charge >= 0.3 is 6.18 Å². The molecule has 1 saturated heterocycles. The molecule has 0 unspecified atom stereocenters. The van der Waals surface area contributed by atoms with Gasteiger partial charge in [0.2, 0.25) is 0 Å². The van der Waals surface area contributed by atoms with E-state index in [0.717, 1.165) is 31.5 Å². The van der Waals surface area contributed by atoms with Gasteiger partial charge < -0.3 is 15.4 Å². The van der Waals surface area contributed by atoms with E-state index in [9.17, 15) is 18.0 Å². The number of hydrogen-bond donors (Lipinski definition) is 3. The van der Waals surface area contributed by atoms with Gasteiger partial charge in [-0.15, -0.1) is 0 Å². The Labute approximate surface area is 148 Å². The molecule has 1 fully saturated rings. The monoisotopic (exact) mass is 368 g/mol. The van der Waals surface area contributed by atoms with E-state index in [1.165, 1.54) is 18.2 Å². The summed E-state index contributed by atoms with van der Waals surface area (Å²) in [5.74, 6) is -0.215. The van der Waals surface area contributed by atoms with Gasteiger partial charge in [0.15, 0.2) is 0 Å². The lowest BCUT2D eigenvalue weighted by atomic mass is 10.2. The summed E-state index contributed by atoms with van der Waals surface area (Å²) in [5.41, 5.74) is -0.0719. The standard InChI is InChI=1S/C17H19F3N4O2/c18-17(19,20)11-3-1-5-14(7-11)26-10-13-8-15(24-23-13)16(25)22-9-12-4-2-6-21-12/h1,3,5,7-8,12,21H,2,4,6,9-10H2,(H,22,25)(H,23,24)/t12-/m1/s1. The number of H-pyrrole nitrogens is 1. The first-order valence-corrected chi connectivity index (χ1v) is 8.28. The molecule has 1 aliphatic rings. The van der Waals surface area contributed by atoms with E-state index in [1.807, 2.05) is 0 Å². The zero-order chi connectivity index (χ0) is 18.6. The molecule has 3 N–H and O–H groups in total. The van der Waals surface area contributed by atoms with Crippen LogP contribution < -0.4 is 15.4 Å². The van der Waals surface area contributed by atoms with Crippen molar-refractivity contribution in [2.45, 2.75) is 31.7 Å². The number of amides is 1. The number of halogens is 3. The second-order valence-electron chi connectivity index (χ2n) is 6.10. The van der Waals surface area contributed by atoms with Crippen molar-refractivity contribution in [2.75, 3.05) is 13.1 Å². The molecule has 0 spiro atoms. The lowest BCUT2D eigenvalue weighted by Gasteiger charge is -2.10. The topological polar surface area (TPSA) is 79.0 Å². The van der Waals surface area contributed by atoms with Gasteiger partial charge in [-0.3, -0.25) is 9.89 Å². The first-order valence-electron chi connectivity index (χ1n) is 8.28. The van der Waals surface area contributed by atoms with Crippen molar-refractivity contribution < 1.29 is 22.7 Å². The number of nitrogens with one attached hydrogen (secondary N) is 3. The largest absolute Gasteiger partial charge is 0.487 e. The number of ether oxygens (including phenoxy) is 1. The van der Waals surface area contributed by atoms with E-state index in [2.05, 4.69) is 20.8 Å². The van der Waals surface area contributed by atoms with Crippen LogP contribution in [0.2, 0.25) is 0 Å². The van der Waals surface area contributed by atoms with E-state index >= 15 is 0 Å². The minimum atomic E-state index is -4.42. The van der Waals surface area contributed by atoms with Crippen molar-refractivity contribution in [2.24, 2.45) is 0 Å². The maximum Gasteiger partial charge on any atom is 0.416 e. The molecule has 0 bridgehead atoms. The Kier molecular flexibility index (Phi) is 5.46. The molecule has 26 heavy (non-hydrogen) atoms. The number of carbonyl (C=O) groups is 1. The number of carbonyl (C=O) groups excluding carboxylic acids is 1. The van der Waals surface area contributed by atoms with Crippen LogP contribution in [0, 0.1) is 0 Å². The summed E-state index contributed by atoms with van der Waals surface area (Å²) < 4.78 is 43.4. The summed E-state index contributed by atoms with van der Waals surface area (Å²) in [6.45, 7) is 1.47. The Bertz CT molecular complexity index is 754. The molecule has 2 aromatic rings. The fourth-order valence-corrected chi connectivity index (χ4v) is 2.71. The highest BCUT2D eigenvalue weighted by Crippen LogP contribution is 2.31. The zero-order valence-corrected chi connectivity index (χ0v) is 13.9. The van der Waals surface area contributed by atoms with Crippen LogP contribution in [-0.4, -0.2) is 35.2 Å². The molecular weight excluding hydrogens is 349 g/mol. The molecule has 0 radical (unpaired) electrons. The third-order valence-corrected chi connectivity index (χ3v) is 4.09. The fourth-order valence-electron chi connectivity index (χ4n) is 2.71. The molecule has 1 aromatic carbocycles. The van der Waals surface area contributed by atoms with E-state index in [1.54, 1.807) is 0 Å². The predicted octanol–water partition coefficient (Wildman–Crippen LogP) is 2.49. The van der Waals surface area contributed by atoms with Gasteiger partial charge in [0.25, 0.3) is 5.91 Å². The number of benzene rings is 1. The summed E-state index contributed by atoms with van der Waals surface area (Å²) in [7, 11) is 0. The third-order valence-electron chi connectivity index (χ3n) is 4.09. The zero-order valence-electron chi connectivity index (χ0n) is 13.9. The van der Waals surface area contributed by atoms with E-state index in [-0.39, 0.29) is 30.0 Å². The highest BCUT2D eigenvalue weighted by atomic mass is 19.4. The molecule has 9 heteroatoms. The average Bonchev–Trinajstić information content (AvgIpc) is 3.29. The maximum atomic E-state index is 12.7. The Morgan fingerprint density at radius 1 is 1.35 bits per heavy atom. The van der Waals surface area contributed by atoms with Crippen LogP contribution in [0.25, 0.3) is 0 Å². The Morgan fingerprint density at radius 2 is 2.19 bits per heavy atom. The molecule has 1 atom stereocenters. The SMILES string of the molecule is O=C(NC[C@H]1CCCN1)c1cc(COc2cccc(C(F)(F)F)c2)[nH]n1. The lowest BCUT2D eigenvalue weighted by molar-refractivity contribution is -0.137. The molecule has 140 valence electrons. The van der Waals surface area contributed by atoms with Gasteiger partial charge in [0.1, 0.15) is 18.1 Å². The number of hydrogen-bond acceptors (Lipinski definition) is 4. The maximum absolute atomic E-state index is 12.7. The normalized spacial score (nSPS) is 17.3. The molecule has 3 rings (SSSR count). The van der Waals surface area contributed by atoms with Gasteiger partial charge in [0.05, 0.1) is 11.3 Å². The molecule has 1 aliphatic heterocycles. The second kappa shape index (κ2) is 7.77. The Balaban J connectivity index is 1.52. The lowest BCUT2D eigenvalue weighted by Crippen LogP contribution is -2.37. The van der Waals surface area contributed by atoms with Crippen LogP contribution in [0.15, 0.2) is 30.3 Å². The number of nitrogens with zero attached hydrogens (tertiary/aromatic N) is 1. The smallest absolute Gasteiger partial charge is 0.416 e. The molecule has 6 nitrogen and oxygen atoms in total. The predicted molar refractivity (Wildman–Crippen MR) is 87.7 cm³/mol. The van der Waals surface area contributed by atoms with E-state index < -0.39 is 11.7 Å². The van der Waals surface area contributed by atoms with Gasteiger partial charge in [-0.1, -0.05) is 6.07 Å². The van der Waals surface area contributed by atoms with Crippen LogP contribution in [0.5, 0.6) is 5.75 Å². The second-order valence-corrected chi connectivity index (χ2v) is 6.10. The minimum Gasteiger partial charge on any atom is -0.487 e. The Hall–Kier alpha value is -2.55. The minimum absolute atomic E-state index is 0.0221. The summed E-state index contributed by atoms with van der Waals surface area (Å²) in [6.07, 6.45) is -2.30. The summed E-state index contributed by atoms with van der Waals surface area (Å²) in [4.78, 5) is 12.1. The fraction of sp³-hybridized carbons (Fsp3) is 0.412. The highest BCUT2D eigenvalue weighted by molar-refractivity contribution is 5.92. The van der Waals surface area contributed by atoms with Crippen molar-refractivity contribution in [3.63, 3.8) is 0 Å². The van der Waals surface area contributed by atoms with Crippen molar-refractivity contribution in [1.82, 2.24) is 20.8 Å². The quantitative estimate of drug-likeness (QED) is 0.732. The first kappa shape index (κ1) is 18.2. The van der Waals surface area contributed by atoms with E-state index in [0.29, 0.717) is 12.2 Å². The molecule has 0 aliphatic carbocycles. The summed E-state index contributed by atoms with van der Waals surface area (Å²) >= 11 is 0. The Morgan fingerprint density at radius 3 is 2.92 bits per heavy atom. The van der Waals surface area contributed by atoms with Crippen molar-refractivity contribution in [3.8, 4) is 5.75 Å². The highest BCUT2D eigenvalue weighted by Gasteiger charge is 2.30. The van der Waals surface area contributed by atoms with Crippen LogP contribution in [0.3, 0.4) is 0 Å². The number of alkyl halides is 3. The third kappa shape index (κ3) is 4.75. The van der Waals surface area contributed by atoms with Crippen molar-refractivity contribution >= 4 is 5.91 Å². The van der Waals surface area contributed by atoms with Gasteiger partial charge in [-0.2, -0.15) is 18.3 Å². The van der Waals surface area contributed by atoms with Crippen molar-refractivity contribution in [3.05, 3.63) is 47.3 Å². The van der Waals surface area contributed by atoms with Gasteiger partial charge in [-0.05, 0) is 43.7 Å². The number of aromatic amines is 1. The molecule has 1 aromatic heterocycles. The molecule has 0 saturated carbocycles. The molecule has 1 amide bonds. The average molecular weight is 368 g/mol. The van der Waals surface area contributed by atoms with Crippen LogP contribution in [0.1, 0.15) is 34.6 Å². The molecular formula is C17H19F3N4O2. The van der Waals surface area contributed by atoms with Gasteiger partial charge in [-0.25, -0.2) is 0 Å². The number of rotatable bonds is 6. The van der Waals surface area contributed by atoms with Gasteiger partial charge in [0, 0.05) is 12.6 Å². The summed E-state index contributed by atoms with van der Waals surface area (Å²) in [5, 5.41) is 12.7. The van der Waals surface area contributed by atoms with Crippen LogP contribution >= 0.6 is 0 Å². The number of aromatic nitrogens is 2. The van der Waals surface area contributed by atoms with Crippen LogP contribution in [0.4, 0.5) is 13.2 Å². The van der Waals surface area contributed by atoms with Crippen LogP contribution in [-0.2, 0) is 12.8 Å². The van der Waals surface area contributed by atoms with Crippen molar-refractivity contribution in [1.29, 1.82) is 0 Å². The molecule has 2 heterocycles. The van der Waals surface area contributed by atoms with E-state index in [4.69, 9.17) is 4.74 Å². The summed E-state index contributed by atoms with van der Waals surface area (Å²) in [6, 6.07) is 6.42. The first-order chi connectivity index (χ1) is 12.4.